The van der Waals surface area contributed by atoms with E-state index in [2.05, 4.69) is 0 Å². The predicted molar refractivity (Wildman–Crippen MR) is 24.3 cm³/mol. The highest BCUT2D eigenvalue weighted by Crippen LogP contribution is 2.28. The van der Waals surface area contributed by atoms with Crippen LogP contribution in [0.3, 0.4) is 0 Å². The lowest BCUT2D eigenvalue weighted by molar-refractivity contribution is -0.109. The normalized spacial score (nSPS) is 43.3. The molecule has 0 aromatic rings. The molecule has 0 radical (unpaired) electrons. The van der Waals surface area contributed by atoms with Gasteiger partial charge in [-0.1, -0.05) is 0 Å². The molecule has 0 aromatic heterocycles. The zero-order valence-corrected chi connectivity index (χ0v) is 4.33. The van der Waals surface area contributed by atoms with Gasteiger partial charge in [-0.05, 0) is 0 Å². The van der Waals surface area contributed by atoms with Crippen LogP contribution in [0.4, 0.5) is 0 Å². The SMILES string of the molecule is O=C1C(Cl)C1Cl. The van der Waals surface area contributed by atoms with E-state index in [0.717, 1.165) is 0 Å². The Kier molecular flexibility index (Phi) is 0.815. The van der Waals surface area contributed by atoms with E-state index in [1.807, 2.05) is 0 Å². The van der Waals surface area contributed by atoms with E-state index in [1.165, 1.54) is 0 Å². The molecule has 2 unspecified atom stereocenters. The maximum atomic E-state index is 9.95. The Morgan fingerprint density at radius 2 is 1.50 bits per heavy atom. The van der Waals surface area contributed by atoms with E-state index in [0.29, 0.717) is 0 Å². The lowest BCUT2D eigenvalue weighted by Crippen LogP contribution is -1.63. The zero-order valence-electron chi connectivity index (χ0n) is 2.82. The Morgan fingerprint density at radius 3 is 1.50 bits per heavy atom. The van der Waals surface area contributed by atoms with Gasteiger partial charge < -0.3 is 0 Å². The van der Waals surface area contributed by atoms with Gasteiger partial charge in [-0.15, -0.1) is 23.2 Å². The van der Waals surface area contributed by atoms with Gasteiger partial charge in [-0.2, -0.15) is 0 Å². The topological polar surface area (TPSA) is 17.1 Å². The molecule has 0 aromatic carbocycles. The monoisotopic (exact) mass is 124 g/mol. The van der Waals surface area contributed by atoms with Crippen LogP contribution in [0.15, 0.2) is 0 Å². The van der Waals surface area contributed by atoms with Crippen LogP contribution in [-0.4, -0.2) is 16.5 Å². The van der Waals surface area contributed by atoms with Crippen molar-refractivity contribution in [3.63, 3.8) is 0 Å². The molecule has 6 heavy (non-hydrogen) atoms. The molecule has 1 aliphatic carbocycles. The van der Waals surface area contributed by atoms with Crippen LogP contribution >= 0.6 is 23.2 Å². The van der Waals surface area contributed by atoms with Crippen molar-refractivity contribution in [1.82, 2.24) is 0 Å². The molecule has 1 aliphatic rings. The third-order valence-corrected chi connectivity index (χ3v) is 1.75. The number of ketones is 1. The Labute approximate surface area is 45.2 Å². The average molecular weight is 125 g/mol. The van der Waals surface area contributed by atoms with Crippen LogP contribution in [0.2, 0.25) is 0 Å². The molecule has 0 aliphatic heterocycles. The molecule has 1 nitrogen and oxygen atoms in total. The van der Waals surface area contributed by atoms with Gasteiger partial charge in [0.2, 0.25) is 0 Å². The third-order valence-electron chi connectivity index (χ3n) is 0.691. The first kappa shape index (κ1) is 4.41. The molecule has 0 saturated heterocycles. The molecule has 3 heteroatoms. The average Bonchev–Trinajstić information content (AvgIpc) is 1.94. The van der Waals surface area contributed by atoms with E-state index in [-0.39, 0.29) is 16.5 Å². The molecule has 1 rings (SSSR count). The van der Waals surface area contributed by atoms with E-state index >= 15 is 0 Å². The van der Waals surface area contributed by atoms with E-state index < -0.39 is 0 Å². The number of alkyl halides is 2. The number of Topliss-reactive ketones (excluding diaryl/α,β-unsaturated/α-hetero) is 1. The summed E-state index contributed by atoms with van der Waals surface area (Å²) in [4.78, 5) is 9.95. The fourth-order valence-corrected chi connectivity index (χ4v) is 0.621. The van der Waals surface area contributed by atoms with Gasteiger partial charge in [0.15, 0.2) is 5.78 Å². The van der Waals surface area contributed by atoms with Crippen molar-refractivity contribution in [3.8, 4) is 0 Å². The van der Waals surface area contributed by atoms with Crippen molar-refractivity contribution in [2.75, 3.05) is 0 Å². The maximum absolute atomic E-state index is 9.95. The molecule has 34 valence electrons. The summed E-state index contributed by atoms with van der Waals surface area (Å²) in [5.41, 5.74) is 0. The number of hydrogen-bond acceptors (Lipinski definition) is 1. The maximum Gasteiger partial charge on any atom is 0.172 e. The van der Waals surface area contributed by atoms with Crippen LogP contribution in [0, 0.1) is 0 Å². The quantitative estimate of drug-likeness (QED) is 0.437. The Bertz CT molecular complexity index is 80.8. The number of rotatable bonds is 0. The fourth-order valence-electron chi connectivity index (χ4n) is 0.182. The van der Waals surface area contributed by atoms with Gasteiger partial charge in [-0.25, -0.2) is 0 Å². The van der Waals surface area contributed by atoms with Crippen molar-refractivity contribution >= 4 is 29.0 Å². The summed E-state index contributed by atoms with van der Waals surface area (Å²) in [6.07, 6.45) is 0. The standard InChI is InChI=1S/C3H2Cl2O/c4-1-2(5)3(1)6/h1-2H. The van der Waals surface area contributed by atoms with Gasteiger partial charge in [-0.3, -0.25) is 4.79 Å². The number of carbonyl (C=O) groups excluding carboxylic acids is 1. The molecule has 1 fully saturated rings. The van der Waals surface area contributed by atoms with Crippen molar-refractivity contribution in [2.45, 2.75) is 10.8 Å². The predicted octanol–water partition coefficient (Wildman–Crippen LogP) is 0.784. The highest BCUT2D eigenvalue weighted by Gasteiger charge is 2.46. The molecule has 0 spiro atoms. The smallest absolute Gasteiger partial charge is 0.172 e. The summed E-state index contributed by atoms with van der Waals surface area (Å²) in [5, 5.41) is -0.765. The highest BCUT2D eigenvalue weighted by molar-refractivity contribution is 6.55. The minimum atomic E-state index is -0.383. The second kappa shape index (κ2) is 1.11. The van der Waals surface area contributed by atoms with Crippen LogP contribution < -0.4 is 0 Å². The molecule has 1 saturated carbocycles. The number of hydrogen-bond donors (Lipinski definition) is 0. The fraction of sp³-hybridized carbons (Fsp3) is 0.667. The van der Waals surface area contributed by atoms with Crippen LogP contribution in [0.5, 0.6) is 0 Å². The van der Waals surface area contributed by atoms with Gasteiger partial charge in [0.25, 0.3) is 0 Å². The van der Waals surface area contributed by atoms with E-state index in [9.17, 15) is 4.79 Å². The summed E-state index contributed by atoms with van der Waals surface area (Å²) in [6, 6.07) is 0. The van der Waals surface area contributed by atoms with Crippen LogP contribution in [0.25, 0.3) is 0 Å². The summed E-state index contributed by atoms with van der Waals surface area (Å²) in [7, 11) is 0. The van der Waals surface area contributed by atoms with Gasteiger partial charge >= 0.3 is 0 Å². The van der Waals surface area contributed by atoms with Crippen LogP contribution in [0.1, 0.15) is 0 Å². The highest BCUT2D eigenvalue weighted by atomic mass is 35.5. The molecule has 0 amide bonds. The first-order chi connectivity index (χ1) is 2.73. The van der Waals surface area contributed by atoms with Gasteiger partial charge in [0, 0.05) is 0 Å². The largest absolute Gasteiger partial charge is 0.296 e. The van der Waals surface area contributed by atoms with Crippen molar-refractivity contribution in [2.24, 2.45) is 0 Å². The number of halogens is 2. The molecule has 2 atom stereocenters. The zero-order chi connectivity index (χ0) is 4.73. The summed E-state index contributed by atoms with van der Waals surface area (Å²) in [6.45, 7) is 0. The Morgan fingerprint density at radius 1 is 1.33 bits per heavy atom. The van der Waals surface area contributed by atoms with E-state index in [4.69, 9.17) is 23.2 Å². The van der Waals surface area contributed by atoms with E-state index in [1.54, 1.807) is 0 Å². The third kappa shape index (κ3) is 0.427. The molecule has 0 N–H and O–H groups in total. The van der Waals surface area contributed by atoms with Crippen molar-refractivity contribution in [1.29, 1.82) is 0 Å². The minimum Gasteiger partial charge on any atom is -0.296 e. The first-order valence-electron chi connectivity index (χ1n) is 1.55. The summed E-state index contributed by atoms with van der Waals surface area (Å²) in [5.74, 6) is -0.0432. The minimum absolute atomic E-state index is 0.0432. The van der Waals surface area contributed by atoms with Crippen molar-refractivity contribution < 1.29 is 4.79 Å². The Hall–Kier alpha value is 0.250. The summed E-state index contributed by atoms with van der Waals surface area (Å²) >= 11 is 10.4. The molecular weight excluding hydrogens is 123 g/mol. The van der Waals surface area contributed by atoms with Gasteiger partial charge in [0.05, 0.1) is 0 Å². The van der Waals surface area contributed by atoms with Crippen molar-refractivity contribution in [3.05, 3.63) is 0 Å². The lowest BCUT2D eigenvalue weighted by Gasteiger charge is -1.57. The second-order valence-electron chi connectivity index (χ2n) is 1.21. The summed E-state index contributed by atoms with van der Waals surface area (Å²) < 4.78 is 0. The molecular formula is C3H2Cl2O. The lowest BCUT2D eigenvalue weighted by atomic mass is 10.9. The van der Waals surface area contributed by atoms with Gasteiger partial charge in [0.1, 0.15) is 10.8 Å². The molecule has 0 bridgehead atoms. The number of carbonyl (C=O) groups is 1. The van der Waals surface area contributed by atoms with Crippen LogP contribution in [-0.2, 0) is 4.79 Å². The Balaban J connectivity index is 2.51. The molecule has 0 heterocycles. The first-order valence-corrected chi connectivity index (χ1v) is 2.42. The second-order valence-corrected chi connectivity index (χ2v) is 2.15.